The maximum atomic E-state index is 13.0. The number of fused-ring (bicyclic) bond motifs is 1. The van der Waals surface area contributed by atoms with Gasteiger partial charge in [-0.05, 0) is 37.5 Å². The Morgan fingerprint density at radius 3 is 3.04 bits per heavy atom. The number of carbonyl (C=O) groups excluding carboxylic acids is 1. The highest BCUT2D eigenvalue weighted by molar-refractivity contribution is 5.88. The van der Waals surface area contributed by atoms with Crippen molar-refractivity contribution >= 4 is 16.8 Å². The molecule has 0 saturated heterocycles. The topological polar surface area (TPSA) is 73.0 Å². The molecule has 0 bridgehead atoms. The summed E-state index contributed by atoms with van der Waals surface area (Å²) in [5.41, 5.74) is 2.77. The first-order valence-corrected chi connectivity index (χ1v) is 8.43. The van der Waals surface area contributed by atoms with E-state index in [0.717, 1.165) is 29.3 Å². The van der Waals surface area contributed by atoms with Crippen molar-refractivity contribution in [1.82, 2.24) is 20.0 Å². The molecular formula is C18H19FN4O2. The van der Waals surface area contributed by atoms with Gasteiger partial charge in [0.05, 0.1) is 18.8 Å². The Kier molecular flexibility index (Phi) is 3.99. The second-order valence-corrected chi connectivity index (χ2v) is 6.38. The summed E-state index contributed by atoms with van der Waals surface area (Å²) < 4.78 is 20.2. The van der Waals surface area contributed by atoms with Crippen molar-refractivity contribution in [3.63, 3.8) is 0 Å². The number of alkyl halides is 1. The third-order valence-electron chi connectivity index (χ3n) is 4.53. The Morgan fingerprint density at radius 2 is 2.28 bits per heavy atom. The molecule has 1 aliphatic carbocycles. The van der Waals surface area contributed by atoms with Gasteiger partial charge in [-0.2, -0.15) is 4.98 Å². The number of aryl methyl sites for hydroxylation is 2. The van der Waals surface area contributed by atoms with E-state index < -0.39 is 6.67 Å². The molecule has 25 heavy (non-hydrogen) atoms. The Hall–Kier alpha value is -2.70. The molecule has 1 amide bonds. The third kappa shape index (κ3) is 3.01. The minimum atomic E-state index is -0.479. The predicted octanol–water partition coefficient (Wildman–Crippen LogP) is 3.00. The normalized spacial score (nSPS) is 14.2. The fraction of sp³-hybridized carbons (Fsp3) is 0.389. The van der Waals surface area contributed by atoms with Crippen molar-refractivity contribution < 1.29 is 13.7 Å². The summed E-state index contributed by atoms with van der Waals surface area (Å²) in [4.78, 5) is 16.1. The largest absolute Gasteiger partial charge is 0.347 e. The summed E-state index contributed by atoms with van der Waals surface area (Å²) in [6.07, 6.45) is 1.90. The van der Waals surface area contributed by atoms with Crippen LogP contribution in [0.3, 0.4) is 0 Å². The number of halogens is 1. The lowest BCUT2D eigenvalue weighted by Crippen LogP contribution is -2.24. The van der Waals surface area contributed by atoms with Crippen molar-refractivity contribution in [3.8, 4) is 11.5 Å². The smallest absolute Gasteiger partial charge is 0.246 e. The maximum absolute atomic E-state index is 13.0. The van der Waals surface area contributed by atoms with E-state index in [1.54, 1.807) is 0 Å². The van der Waals surface area contributed by atoms with Gasteiger partial charge in [-0.3, -0.25) is 4.79 Å². The van der Waals surface area contributed by atoms with Crippen LogP contribution in [0, 0.1) is 12.8 Å². The van der Waals surface area contributed by atoms with Crippen LogP contribution in [0.5, 0.6) is 0 Å². The Balaban J connectivity index is 1.63. The van der Waals surface area contributed by atoms with Crippen molar-refractivity contribution in [3.05, 3.63) is 35.7 Å². The number of carbonyl (C=O) groups is 1. The Morgan fingerprint density at radius 1 is 1.44 bits per heavy atom. The number of nitrogens with zero attached hydrogens (tertiary/aromatic N) is 3. The molecule has 130 valence electrons. The molecule has 0 spiro atoms. The minimum Gasteiger partial charge on any atom is -0.347 e. The van der Waals surface area contributed by atoms with Crippen LogP contribution in [-0.4, -0.2) is 27.3 Å². The Labute approximate surface area is 144 Å². The zero-order valence-corrected chi connectivity index (χ0v) is 14.0. The van der Waals surface area contributed by atoms with Crippen LogP contribution in [0.25, 0.3) is 22.4 Å². The van der Waals surface area contributed by atoms with Crippen LogP contribution in [0.15, 0.2) is 28.8 Å². The summed E-state index contributed by atoms with van der Waals surface area (Å²) in [5, 5.41) is 7.85. The van der Waals surface area contributed by atoms with Crippen molar-refractivity contribution in [2.75, 3.05) is 6.67 Å². The van der Waals surface area contributed by atoms with Gasteiger partial charge in [-0.1, -0.05) is 17.3 Å². The molecule has 0 aliphatic heterocycles. The van der Waals surface area contributed by atoms with Crippen LogP contribution in [0.4, 0.5) is 4.39 Å². The molecule has 0 unspecified atom stereocenters. The van der Waals surface area contributed by atoms with Crippen molar-refractivity contribution in [2.24, 2.45) is 5.92 Å². The second-order valence-electron chi connectivity index (χ2n) is 6.38. The average Bonchev–Trinajstić information content (AvgIpc) is 3.25. The number of benzene rings is 1. The highest BCUT2D eigenvalue weighted by Crippen LogP contribution is 2.30. The number of nitrogens with one attached hydrogen (secondary N) is 1. The summed E-state index contributed by atoms with van der Waals surface area (Å²) in [7, 11) is 0. The fourth-order valence-electron chi connectivity index (χ4n) is 3.03. The molecule has 1 fully saturated rings. The molecular weight excluding hydrogens is 323 g/mol. The van der Waals surface area contributed by atoms with E-state index in [9.17, 15) is 9.18 Å². The zero-order valence-electron chi connectivity index (χ0n) is 14.0. The number of aromatic nitrogens is 3. The van der Waals surface area contributed by atoms with Gasteiger partial charge in [-0.25, -0.2) is 4.39 Å². The van der Waals surface area contributed by atoms with E-state index in [4.69, 9.17) is 4.52 Å². The number of hydrogen-bond donors (Lipinski definition) is 1. The standard InChI is InChI=1S/C18H19FN4O2/c1-11-3-2-4-14-13(11)9-15(23(14)8-7-19)17-21-16(25-22-17)10-20-18(24)12-5-6-12/h2-4,9,12H,5-8,10H2,1H3,(H,20,24). The summed E-state index contributed by atoms with van der Waals surface area (Å²) >= 11 is 0. The summed E-state index contributed by atoms with van der Waals surface area (Å²) in [6, 6.07) is 7.88. The van der Waals surface area contributed by atoms with Crippen molar-refractivity contribution in [1.29, 1.82) is 0 Å². The summed E-state index contributed by atoms with van der Waals surface area (Å²) in [5.74, 6) is 0.914. The monoisotopic (exact) mass is 342 g/mol. The van der Waals surface area contributed by atoms with Crippen LogP contribution < -0.4 is 5.32 Å². The molecule has 1 saturated carbocycles. The molecule has 4 rings (SSSR count). The van der Waals surface area contributed by atoms with E-state index in [1.165, 1.54) is 0 Å². The first kappa shape index (κ1) is 15.8. The fourth-order valence-corrected chi connectivity index (χ4v) is 3.03. The van der Waals surface area contributed by atoms with E-state index in [0.29, 0.717) is 17.4 Å². The highest BCUT2D eigenvalue weighted by Gasteiger charge is 2.29. The van der Waals surface area contributed by atoms with Gasteiger partial charge in [0.1, 0.15) is 6.67 Å². The molecule has 1 aliphatic rings. The van der Waals surface area contributed by atoms with Crippen LogP contribution in [0.2, 0.25) is 0 Å². The third-order valence-corrected chi connectivity index (χ3v) is 4.53. The van der Waals surface area contributed by atoms with E-state index in [-0.39, 0.29) is 24.9 Å². The number of hydrogen-bond acceptors (Lipinski definition) is 4. The van der Waals surface area contributed by atoms with Gasteiger partial charge in [0, 0.05) is 16.8 Å². The van der Waals surface area contributed by atoms with Crippen LogP contribution in [-0.2, 0) is 17.9 Å². The summed E-state index contributed by atoms with van der Waals surface area (Å²) in [6.45, 7) is 1.98. The first-order chi connectivity index (χ1) is 12.2. The molecule has 1 N–H and O–H groups in total. The first-order valence-electron chi connectivity index (χ1n) is 8.43. The van der Waals surface area contributed by atoms with Gasteiger partial charge in [0.15, 0.2) is 0 Å². The minimum absolute atomic E-state index is 0.0296. The zero-order chi connectivity index (χ0) is 17.4. The molecule has 2 aromatic heterocycles. The van der Waals surface area contributed by atoms with Crippen LogP contribution in [0.1, 0.15) is 24.3 Å². The molecule has 1 aromatic carbocycles. The maximum Gasteiger partial charge on any atom is 0.246 e. The lowest BCUT2D eigenvalue weighted by Gasteiger charge is -2.05. The SMILES string of the molecule is Cc1cccc2c1cc(-c1noc(CNC(=O)C3CC3)n1)n2CCF. The van der Waals surface area contributed by atoms with E-state index in [2.05, 4.69) is 15.5 Å². The van der Waals surface area contributed by atoms with Crippen molar-refractivity contribution in [2.45, 2.75) is 32.9 Å². The average molecular weight is 342 g/mol. The molecule has 0 radical (unpaired) electrons. The van der Waals surface area contributed by atoms with Gasteiger partial charge < -0.3 is 14.4 Å². The quantitative estimate of drug-likeness (QED) is 0.747. The molecule has 0 atom stereocenters. The van der Waals surface area contributed by atoms with Crippen LogP contribution >= 0.6 is 0 Å². The molecule has 7 heteroatoms. The molecule has 6 nitrogen and oxygen atoms in total. The highest BCUT2D eigenvalue weighted by atomic mass is 19.1. The van der Waals surface area contributed by atoms with E-state index >= 15 is 0 Å². The lowest BCUT2D eigenvalue weighted by atomic mass is 10.1. The lowest BCUT2D eigenvalue weighted by molar-refractivity contribution is -0.122. The second kappa shape index (κ2) is 6.31. The molecule has 2 heterocycles. The number of amides is 1. The molecule has 3 aromatic rings. The van der Waals surface area contributed by atoms with Gasteiger partial charge in [-0.15, -0.1) is 0 Å². The van der Waals surface area contributed by atoms with E-state index in [1.807, 2.05) is 35.8 Å². The predicted molar refractivity (Wildman–Crippen MR) is 90.5 cm³/mol. The Bertz CT molecular complexity index is 926. The number of rotatable bonds is 6. The van der Waals surface area contributed by atoms with Gasteiger partial charge in [0.25, 0.3) is 0 Å². The van der Waals surface area contributed by atoms with Gasteiger partial charge >= 0.3 is 0 Å². The van der Waals surface area contributed by atoms with Gasteiger partial charge in [0.2, 0.25) is 17.6 Å².